The lowest BCUT2D eigenvalue weighted by atomic mass is 10.0. The Morgan fingerprint density at radius 3 is 2.54 bits per heavy atom. The molecule has 1 aromatic heterocycles. The lowest BCUT2D eigenvalue weighted by Gasteiger charge is -2.10. The van der Waals surface area contributed by atoms with Gasteiger partial charge >= 0.3 is 5.97 Å². The fourth-order valence-electron chi connectivity index (χ4n) is 2.45. The van der Waals surface area contributed by atoms with Crippen molar-refractivity contribution in [3.8, 4) is 11.4 Å². The summed E-state index contributed by atoms with van der Waals surface area (Å²) in [6, 6.07) is 15.6. The number of carboxylic acids is 1. The molecular formula is C19H22N2O3. The van der Waals surface area contributed by atoms with Crippen LogP contribution in [0.5, 0.6) is 0 Å². The van der Waals surface area contributed by atoms with E-state index in [1.807, 2.05) is 48.5 Å². The van der Waals surface area contributed by atoms with Crippen molar-refractivity contribution in [2.24, 2.45) is 0 Å². The normalized spacial score (nSPS) is 10.6. The molecule has 0 spiro atoms. The van der Waals surface area contributed by atoms with Gasteiger partial charge in [0.2, 0.25) is 6.61 Å². The number of benzene rings is 2. The molecule has 5 nitrogen and oxygen atoms in total. The van der Waals surface area contributed by atoms with Crippen LogP contribution in [0.15, 0.2) is 48.5 Å². The Hall–Kier alpha value is -2.82. The molecule has 0 atom stereocenters. The largest absolute Gasteiger partial charge is 0.479 e. The Labute approximate surface area is 141 Å². The smallest absolute Gasteiger partial charge is 0.344 e. The molecule has 3 aromatic rings. The van der Waals surface area contributed by atoms with E-state index >= 15 is 0 Å². The Morgan fingerprint density at radius 1 is 1.21 bits per heavy atom. The summed E-state index contributed by atoms with van der Waals surface area (Å²) < 4.78 is 1.52. The molecular weight excluding hydrogens is 304 g/mol. The van der Waals surface area contributed by atoms with E-state index in [0.717, 1.165) is 22.2 Å². The van der Waals surface area contributed by atoms with E-state index in [9.17, 15) is 4.79 Å². The number of fused-ring (bicyclic) bond motifs is 1. The SMILES string of the molecule is C.CC(C)c1ccc2nc(-c3ccccc3)n(OCC(=O)O)c2c1. The van der Waals surface area contributed by atoms with Crippen LogP contribution in [-0.2, 0) is 4.79 Å². The lowest BCUT2D eigenvalue weighted by molar-refractivity contribution is -0.142. The Balaban J connectivity index is 0.00000208. The van der Waals surface area contributed by atoms with E-state index in [4.69, 9.17) is 9.94 Å². The van der Waals surface area contributed by atoms with Gasteiger partial charge in [-0.05, 0) is 23.6 Å². The lowest BCUT2D eigenvalue weighted by Crippen LogP contribution is -2.20. The highest BCUT2D eigenvalue weighted by Crippen LogP contribution is 2.26. The average molecular weight is 326 g/mol. The number of nitrogens with zero attached hydrogens (tertiary/aromatic N) is 2. The maximum atomic E-state index is 10.9. The summed E-state index contributed by atoms with van der Waals surface area (Å²) in [5.41, 5.74) is 3.58. The third kappa shape index (κ3) is 3.40. The van der Waals surface area contributed by atoms with E-state index in [1.54, 1.807) is 0 Å². The van der Waals surface area contributed by atoms with Crippen LogP contribution < -0.4 is 4.84 Å². The summed E-state index contributed by atoms with van der Waals surface area (Å²) in [6.45, 7) is 3.80. The molecule has 1 heterocycles. The van der Waals surface area contributed by atoms with Gasteiger partial charge in [0.1, 0.15) is 5.52 Å². The van der Waals surface area contributed by atoms with Crippen LogP contribution in [0.2, 0.25) is 0 Å². The molecule has 126 valence electrons. The topological polar surface area (TPSA) is 64.4 Å². The van der Waals surface area contributed by atoms with E-state index in [0.29, 0.717) is 11.7 Å². The third-order valence-electron chi connectivity index (χ3n) is 3.65. The molecule has 0 fully saturated rings. The van der Waals surface area contributed by atoms with Crippen LogP contribution in [0, 0.1) is 0 Å². The van der Waals surface area contributed by atoms with Gasteiger partial charge in [-0.1, -0.05) is 57.7 Å². The molecule has 0 aliphatic rings. The van der Waals surface area contributed by atoms with Crippen molar-refractivity contribution in [2.45, 2.75) is 27.2 Å². The quantitative estimate of drug-likeness (QED) is 0.770. The van der Waals surface area contributed by atoms with E-state index in [-0.39, 0.29) is 7.43 Å². The maximum absolute atomic E-state index is 10.9. The van der Waals surface area contributed by atoms with Crippen LogP contribution in [0.25, 0.3) is 22.4 Å². The zero-order valence-corrected chi connectivity index (χ0v) is 13.1. The molecule has 0 amide bonds. The summed E-state index contributed by atoms with van der Waals surface area (Å²) in [5.74, 6) is -0.0592. The van der Waals surface area contributed by atoms with Crippen molar-refractivity contribution in [3.63, 3.8) is 0 Å². The number of imidazole rings is 1. The molecule has 2 aromatic carbocycles. The predicted octanol–water partition coefficient (Wildman–Crippen LogP) is 3.98. The van der Waals surface area contributed by atoms with Crippen molar-refractivity contribution >= 4 is 17.0 Å². The minimum atomic E-state index is -1.02. The van der Waals surface area contributed by atoms with Gasteiger partial charge < -0.3 is 9.94 Å². The molecule has 0 radical (unpaired) electrons. The van der Waals surface area contributed by atoms with Crippen molar-refractivity contribution in [1.82, 2.24) is 9.71 Å². The second kappa shape index (κ2) is 7.17. The second-order valence-electron chi connectivity index (χ2n) is 5.67. The molecule has 0 aliphatic carbocycles. The number of rotatable bonds is 5. The van der Waals surface area contributed by atoms with Crippen molar-refractivity contribution in [3.05, 3.63) is 54.1 Å². The summed E-state index contributed by atoms with van der Waals surface area (Å²) in [4.78, 5) is 21.0. The summed E-state index contributed by atoms with van der Waals surface area (Å²) in [5, 5.41) is 8.93. The first-order valence-electron chi connectivity index (χ1n) is 7.49. The van der Waals surface area contributed by atoms with Gasteiger partial charge in [-0.3, -0.25) is 0 Å². The van der Waals surface area contributed by atoms with E-state index in [1.165, 1.54) is 4.73 Å². The number of hydrogen-bond donors (Lipinski definition) is 1. The average Bonchev–Trinajstić information content (AvgIpc) is 2.91. The molecule has 0 bridgehead atoms. The first-order valence-corrected chi connectivity index (χ1v) is 7.49. The summed E-state index contributed by atoms with van der Waals surface area (Å²) in [6.07, 6.45) is 0. The van der Waals surface area contributed by atoms with Gasteiger partial charge in [0.15, 0.2) is 5.82 Å². The van der Waals surface area contributed by atoms with Gasteiger partial charge in [-0.2, -0.15) is 4.73 Å². The number of carboxylic acid groups (broad SMARTS) is 1. The van der Waals surface area contributed by atoms with Crippen LogP contribution in [0.4, 0.5) is 0 Å². The maximum Gasteiger partial charge on any atom is 0.344 e. The number of aromatic nitrogens is 2. The molecule has 1 N–H and O–H groups in total. The van der Waals surface area contributed by atoms with Gasteiger partial charge in [0.05, 0.1) is 5.52 Å². The van der Waals surface area contributed by atoms with Gasteiger partial charge in [-0.15, -0.1) is 0 Å². The van der Waals surface area contributed by atoms with E-state index < -0.39 is 12.6 Å². The first kappa shape index (κ1) is 17.5. The van der Waals surface area contributed by atoms with Crippen LogP contribution in [0.1, 0.15) is 32.8 Å². The minimum Gasteiger partial charge on any atom is -0.479 e. The van der Waals surface area contributed by atoms with E-state index in [2.05, 4.69) is 18.8 Å². The van der Waals surface area contributed by atoms with Gasteiger partial charge in [0, 0.05) is 5.56 Å². The molecule has 0 aliphatic heterocycles. The molecule has 5 heteroatoms. The fourth-order valence-corrected chi connectivity index (χ4v) is 2.45. The number of hydrogen-bond acceptors (Lipinski definition) is 3. The predicted molar refractivity (Wildman–Crippen MR) is 95.1 cm³/mol. The highest BCUT2D eigenvalue weighted by atomic mass is 16.7. The van der Waals surface area contributed by atoms with Crippen molar-refractivity contribution < 1.29 is 14.7 Å². The zero-order chi connectivity index (χ0) is 16.4. The van der Waals surface area contributed by atoms with Crippen molar-refractivity contribution in [1.29, 1.82) is 0 Å². The Morgan fingerprint density at radius 2 is 1.92 bits per heavy atom. The first-order chi connectivity index (χ1) is 11.1. The number of aliphatic carboxylic acids is 1. The molecule has 0 saturated carbocycles. The van der Waals surface area contributed by atoms with Gasteiger partial charge in [-0.25, -0.2) is 9.78 Å². The van der Waals surface area contributed by atoms with Crippen LogP contribution in [0.3, 0.4) is 0 Å². The Bertz CT molecular complexity index is 838. The zero-order valence-electron chi connectivity index (χ0n) is 13.1. The standard InChI is InChI=1S/C18H18N2O3.CH4/c1-12(2)14-8-9-15-16(10-14)20(23-11-17(21)22)18(19-15)13-6-4-3-5-7-13;/h3-10,12H,11H2,1-2H3,(H,21,22);1H4. The van der Waals surface area contributed by atoms with Crippen molar-refractivity contribution in [2.75, 3.05) is 6.61 Å². The van der Waals surface area contributed by atoms with Crippen LogP contribution >= 0.6 is 0 Å². The molecule has 3 rings (SSSR count). The minimum absolute atomic E-state index is 0. The molecule has 0 unspecified atom stereocenters. The third-order valence-corrected chi connectivity index (χ3v) is 3.65. The molecule has 24 heavy (non-hydrogen) atoms. The van der Waals surface area contributed by atoms with Gasteiger partial charge in [0.25, 0.3) is 0 Å². The number of carbonyl (C=O) groups is 1. The summed E-state index contributed by atoms with van der Waals surface area (Å²) >= 11 is 0. The van der Waals surface area contributed by atoms with Crippen LogP contribution in [-0.4, -0.2) is 27.4 Å². The second-order valence-corrected chi connectivity index (χ2v) is 5.67. The highest BCUT2D eigenvalue weighted by Gasteiger charge is 2.15. The molecule has 0 saturated heterocycles. The summed E-state index contributed by atoms with van der Waals surface area (Å²) in [7, 11) is 0. The highest BCUT2D eigenvalue weighted by molar-refractivity contribution is 5.81. The fraction of sp³-hybridized carbons (Fsp3) is 0.263. The Kier molecular flexibility index (Phi) is 5.24. The monoisotopic (exact) mass is 326 g/mol.